The van der Waals surface area contributed by atoms with Crippen molar-refractivity contribution in [3.05, 3.63) is 6.33 Å². The molecule has 1 aliphatic carbocycles. The lowest BCUT2D eigenvalue weighted by Gasteiger charge is -2.47. The Balaban J connectivity index is 1.43. The molecule has 1 aromatic heterocycles. The number of nitrogens with zero attached hydrogens (tertiary/aromatic N) is 4. The van der Waals surface area contributed by atoms with E-state index < -0.39 is 0 Å². The van der Waals surface area contributed by atoms with Gasteiger partial charge in [0.15, 0.2) is 0 Å². The predicted molar refractivity (Wildman–Crippen MR) is 72.2 cm³/mol. The van der Waals surface area contributed by atoms with Crippen molar-refractivity contribution < 1.29 is 14.3 Å². The molecule has 0 unspecified atom stereocenters. The Morgan fingerprint density at radius 3 is 3.24 bits per heavy atom. The lowest BCUT2D eigenvalue weighted by molar-refractivity contribution is -0.129. The van der Waals surface area contributed by atoms with Gasteiger partial charge in [0.1, 0.15) is 6.33 Å². The molecule has 2 fully saturated rings. The van der Waals surface area contributed by atoms with Crippen molar-refractivity contribution in [1.82, 2.24) is 25.5 Å². The van der Waals surface area contributed by atoms with Crippen LogP contribution in [0.25, 0.3) is 0 Å². The normalized spacial score (nSPS) is 30.7. The van der Waals surface area contributed by atoms with Crippen LogP contribution in [0.3, 0.4) is 0 Å². The van der Waals surface area contributed by atoms with Gasteiger partial charge in [-0.2, -0.15) is 0 Å². The van der Waals surface area contributed by atoms with Crippen LogP contribution < -0.4 is 5.32 Å². The van der Waals surface area contributed by atoms with Crippen molar-refractivity contribution in [2.75, 3.05) is 20.3 Å². The minimum atomic E-state index is 0.0829. The smallest absolute Gasteiger partial charge is 0.220 e. The molecule has 1 aliphatic heterocycles. The monoisotopic (exact) mass is 295 g/mol. The first-order valence-corrected chi connectivity index (χ1v) is 7.40. The number of aryl methyl sites for hydroxylation is 1. The molecule has 1 N–H and O–H groups in total. The Kier molecular flexibility index (Phi) is 4.45. The van der Waals surface area contributed by atoms with Gasteiger partial charge in [-0.15, -0.1) is 5.10 Å². The molecule has 1 aromatic rings. The van der Waals surface area contributed by atoms with E-state index in [9.17, 15) is 4.79 Å². The Morgan fingerprint density at radius 1 is 1.57 bits per heavy atom. The lowest BCUT2D eigenvalue weighted by Crippen LogP contribution is -2.62. The number of aromatic nitrogens is 4. The number of rotatable bonds is 7. The van der Waals surface area contributed by atoms with Crippen LogP contribution in [-0.4, -0.2) is 58.6 Å². The van der Waals surface area contributed by atoms with E-state index >= 15 is 0 Å². The van der Waals surface area contributed by atoms with Crippen molar-refractivity contribution in [3.8, 4) is 0 Å². The summed E-state index contributed by atoms with van der Waals surface area (Å²) in [4.78, 5) is 12.1. The highest BCUT2D eigenvalue weighted by Gasteiger charge is 2.54. The number of hydrogen-bond acceptors (Lipinski definition) is 6. The summed E-state index contributed by atoms with van der Waals surface area (Å²) in [5.74, 6) is 0.819. The Bertz CT molecular complexity index is 466. The van der Waals surface area contributed by atoms with Crippen LogP contribution in [0.4, 0.5) is 0 Å². The number of hydrogen-bond donors (Lipinski definition) is 1. The molecule has 2 heterocycles. The average molecular weight is 295 g/mol. The quantitative estimate of drug-likeness (QED) is 0.737. The summed E-state index contributed by atoms with van der Waals surface area (Å²) in [5.41, 5.74) is 0. The molecule has 0 aromatic carbocycles. The highest BCUT2D eigenvalue weighted by Crippen LogP contribution is 2.43. The Hall–Kier alpha value is -1.54. The zero-order valence-corrected chi connectivity index (χ0v) is 12.1. The highest BCUT2D eigenvalue weighted by atomic mass is 16.5. The van der Waals surface area contributed by atoms with E-state index in [0.717, 1.165) is 19.4 Å². The molecule has 4 atom stereocenters. The van der Waals surface area contributed by atoms with Gasteiger partial charge in [-0.1, -0.05) is 0 Å². The summed E-state index contributed by atoms with van der Waals surface area (Å²) in [6, 6.07) is 0.193. The topological polar surface area (TPSA) is 91.2 Å². The van der Waals surface area contributed by atoms with E-state index in [-0.39, 0.29) is 24.0 Å². The Labute approximate surface area is 123 Å². The number of nitrogens with one attached hydrogen (secondary N) is 1. The van der Waals surface area contributed by atoms with Crippen molar-refractivity contribution in [1.29, 1.82) is 0 Å². The second kappa shape index (κ2) is 6.48. The van der Waals surface area contributed by atoms with Crippen LogP contribution in [0.15, 0.2) is 6.33 Å². The van der Waals surface area contributed by atoms with Gasteiger partial charge in [0.05, 0.1) is 12.7 Å². The third kappa shape index (κ3) is 3.06. The van der Waals surface area contributed by atoms with Gasteiger partial charge in [-0.3, -0.25) is 4.79 Å². The van der Waals surface area contributed by atoms with Gasteiger partial charge in [0.2, 0.25) is 5.91 Å². The molecule has 2 aliphatic rings. The van der Waals surface area contributed by atoms with Crippen LogP contribution in [0.5, 0.6) is 0 Å². The minimum absolute atomic E-state index is 0.0829. The van der Waals surface area contributed by atoms with E-state index in [1.54, 1.807) is 18.1 Å². The summed E-state index contributed by atoms with van der Waals surface area (Å²) in [6.45, 7) is 2.08. The number of carbonyl (C=O) groups is 1. The van der Waals surface area contributed by atoms with Crippen molar-refractivity contribution >= 4 is 5.91 Å². The minimum Gasteiger partial charge on any atom is -0.384 e. The van der Waals surface area contributed by atoms with Gasteiger partial charge in [0, 0.05) is 44.6 Å². The maximum Gasteiger partial charge on any atom is 0.220 e. The molecule has 116 valence electrons. The molecule has 0 radical (unpaired) electrons. The number of ether oxygens (including phenoxy) is 2. The second-order valence-electron chi connectivity index (χ2n) is 5.68. The predicted octanol–water partition coefficient (Wildman–Crippen LogP) is -0.381. The highest BCUT2D eigenvalue weighted by molar-refractivity contribution is 5.76. The third-order valence-corrected chi connectivity index (χ3v) is 4.40. The molecule has 0 spiro atoms. The largest absolute Gasteiger partial charge is 0.384 e. The molecule has 8 heteroatoms. The van der Waals surface area contributed by atoms with E-state index in [2.05, 4.69) is 20.8 Å². The van der Waals surface area contributed by atoms with E-state index in [1.807, 2.05) is 0 Å². The van der Waals surface area contributed by atoms with Gasteiger partial charge in [0.25, 0.3) is 0 Å². The molecule has 0 bridgehead atoms. The van der Waals surface area contributed by atoms with Gasteiger partial charge in [-0.25, -0.2) is 4.68 Å². The fraction of sp³-hybridized carbons (Fsp3) is 0.846. The SMILES string of the molecule is COC[C@H]1[C@@H](NC(=O)CCCn2cnnn2)[C@H]2CCO[C@H]21. The number of carbonyl (C=O) groups excluding carboxylic acids is 1. The van der Waals surface area contributed by atoms with Gasteiger partial charge in [-0.05, 0) is 23.3 Å². The molecular formula is C13H21N5O3. The van der Waals surface area contributed by atoms with E-state index in [4.69, 9.17) is 9.47 Å². The molecule has 1 saturated carbocycles. The number of fused-ring (bicyclic) bond motifs is 1. The van der Waals surface area contributed by atoms with Crippen LogP contribution >= 0.6 is 0 Å². The molecule has 1 saturated heterocycles. The summed E-state index contributed by atoms with van der Waals surface area (Å²) in [5, 5.41) is 14.0. The summed E-state index contributed by atoms with van der Waals surface area (Å²) < 4.78 is 12.6. The first-order chi connectivity index (χ1) is 10.3. The standard InChI is InChI=1S/C13H21N5O3/c1-20-7-10-12(9-4-6-21-13(9)10)15-11(19)3-2-5-18-8-14-16-17-18/h8-10,12-13H,2-7H2,1H3,(H,15,19)/t9-,10+,12+,13-/m1/s1. The van der Waals surface area contributed by atoms with E-state index in [0.29, 0.717) is 25.5 Å². The second-order valence-corrected chi connectivity index (χ2v) is 5.68. The Morgan fingerprint density at radius 2 is 2.48 bits per heavy atom. The third-order valence-electron chi connectivity index (χ3n) is 4.40. The maximum absolute atomic E-state index is 12.1. The summed E-state index contributed by atoms with van der Waals surface area (Å²) in [6.07, 6.45) is 4.05. The fourth-order valence-corrected chi connectivity index (χ4v) is 3.38. The van der Waals surface area contributed by atoms with Crippen molar-refractivity contribution in [2.24, 2.45) is 11.8 Å². The van der Waals surface area contributed by atoms with Gasteiger partial charge < -0.3 is 14.8 Å². The van der Waals surface area contributed by atoms with Crippen LogP contribution in [-0.2, 0) is 20.8 Å². The number of methoxy groups -OCH3 is 1. The van der Waals surface area contributed by atoms with E-state index in [1.165, 1.54) is 0 Å². The van der Waals surface area contributed by atoms with Crippen molar-refractivity contribution in [3.63, 3.8) is 0 Å². The summed E-state index contributed by atoms with van der Waals surface area (Å²) >= 11 is 0. The first-order valence-electron chi connectivity index (χ1n) is 7.40. The molecule has 3 rings (SSSR count). The average Bonchev–Trinajstić information content (AvgIpc) is 3.12. The van der Waals surface area contributed by atoms with Crippen LogP contribution in [0, 0.1) is 11.8 Å². The summed E-state index contributed by atoms with van der Waals surface area (Å²) in [7, 11) is 1.69. The maximum atomic E-state index is 12.1. The van der Waals surface area contributed by atoms with Crippen LogP contribution in [0.2, 0.25) is 0 Å². The first kappa shape index (κ1) is 14.4. The fourth-order valence-electron chi connectivity index (χ4n) is 3.38. The molecule has 8 nitrogen and oxygen atoms in total. The number of tetrazole rings is 1. The lowest BCUT2D eigenvalue weighted by atomic mass is 9.67. The molecular weight excluding hydrogens is 274 g/mol. The molecule has 1 amide bonds. The van der Waals surface area contributed by atoms with Crippen LogP contribution in [0.1, 0.15) is 19.3 Å². The zero-order valence-electron chi connectivity index (χ0n) is 12.1. The van der Waals surface area contributed by atoms with Crippen molar-refractivity contribution in [2.45, 2.75) is 38.0 Å². The molecule has 21 heavy (non-hydrogen) atoms. The van der Waals surface area contributed by atoms with Gasteiger partial charge >= 0.3 is 0 Å². The number of amides is 1. The zero-order chi connectivity index (χ0) is 14.7.